The maximum atomic E-state index is 9.11. The van der Waals surface area contributed by atoms with E-state index in [0.29, 0.717) is 28.3 Å². The molecule has 1 aromatic heterocycles. The highest BCUT2D eigenvalue weighted by atomic mass is 16.5. The van der Waals surface area contributed by atoms with E-state index in [1.165, 1.54) is 14.2 Å². The molecule has 0 aliphatic carbocycles. The normalized spacial score (nSPS) is 9.89. The SMILES string of the molecule is COc1cc2ccnc(C#N)c2c(OC)c1OC. The summed E-state index contributed by atoms with van der Waals surface area (Å²) in [6.45, 7) is 0. The minimum Gasteiger partial charge on any atom is -0.493 e. The number of methoxy groups -OCH3 is 3. The summed E-state index contributed by atoms with van der Waals surface area (Å²) in [5.74, 6) is 1.46. The molecule has 1 aromatic carbocycles. The first-order valence-electron chi connectivity index (χ1n) is 5.24. The standard InChI is InChI=1S/C13H12N2O3/c1-16-10-6-8-4-5-15-9(7-14)11(8)13(18-3)12(10)17-2/h4-6H,1-3H3. The Bertz CT molecular complexity index is 632. The lowest BCUT2D eigenvalue weighted by molar-refractivity contribution is 0.327. The van der Waals surface area contributed by atoms with Crippen molar-refractivity contribution in [1.82, 2.24) is 4.98 Å². The second-order valence-electron chi connectivity index (χ2n) is 3.51. The third-order valence-corrected chi connectivity index (χ3v) is 2.66. The van der Waals surface area contributed by atoms with Crippen LogP contribution >= 0.6 is 0 Å². The Morgan fingerprint density at radius 1 is 1.11 bits per heavy atom. The van der Waals surface area contributed by atoms with E-state index in [1.807, 2.05) is 6.07 Å². The van der Waals surface area contributed by atoms with Crippen LogP contribution in [0.5, 0.6) is 17.2 Å². The van der Waals surface area contributed by atoms with E-state index < -0.39 is 0 Å². The van der Waals surface area contributed by atoms with Crippen LogP contribution in [0.3, 0.4) is 0 Å². The zero-order valence-electron chi connectivity index (χ0n) is 10.4. The molecule has 0 atom stereocenters. The van der Waals surface area contributed by atoms with Gasteiger partial charge in [-0.15, -0.1) is 0 Å². The summed E-state index contributed by atoms with van der Waals surface area (Å²) >= 11 is 0. The number of nitrogens with zero attached hydrogens (tertiary/aromatic N) is 2. The monoisotopic (exact) mass is 244 g/mol. The first-order valence-corrected chi connectivity index (χ1v) is 5.24. The molecule has 0 saturated heterocycles. The van der Waals surface area contributed by atoms with Crippen molar-refractivity contribution in [3.8, 4) is 23.3 Å². The van der Waals surface area contributed by atoms with Gasteiger partial charge in [-0.25, -0.2) is 4.98 Å². The maximum absolute atomic E-state index is 9.11. The van der Waals surface area contributed by atoms with Gasteiger partial charge in [-0.1, -0.05) is 0 Å². The molecule has 0 spiro atoms. The molecular formula is C13H12N2O3. The van der Waals surface area contributed by atoms with Crippen LogP contribution < -0.4 is 14.2 Å². The number of benzene rings is 1. The van der Waals surface area contributed by atoms with E-state index in [4.69, 9.17) is 19.5 Å². The fourth-order valence-electron chi connectivity index (χ4n) is 1.89. The Balaban J connectivity index is 2.94. The Kier molecular flexibility index (Phi) is 3.20. The number of fused-ring (bicyclic) bond motifs is 1. The van der Waals surface area contributed by atoms with Gasteiger partial charge in [-0.2, -0.15) is 5.26 Å². The quantitative estimate of drug-likeness (QED) is 0.827. The maximum Gasteiger partial charge on any atom is 0.204 e. The highest BCUT2D eigenvalue weighted by molar-refractivity contribution is 5.96. The van der Waals surface area contributed by atoms with Crippen molar-refractivity contribution in [2.45, 2.75) is 0 Å². The lowest BCUT2D eigenvalue weighted by Gasteiger charge is -2.14. The van der Waals surface area contributed by atoms with Gasteiger partial charge in [-0.05, 0) is 17.5 Å². The summed E-state index contributed by atoms with van der Waals surface area (Å²) in [4.78, 5) is 4.03. The lowest BCUT2D eigenvalue weighted by atomic mass is 10.1. The third kappa shape index (κ3) is 1.68. The van der Waals surface area contributed by atoms with Crippen LogP contribution in [-0.2, 0) is 0 Å². The highest BCUT2D eigenvalue weighted by Gasteiger charge is 2.18. The first-order chi connectivity index (χ1) is 8.76. The number of hydrogen-bond acceptors (Lipinski definition) is 5. The third-order valence-electron chi connectivity index (χ3n) is 2.66. The topological polar surface area (TPSA) is 64.4 Å². The Hall–Kier alpha value is -2.48. The second kappa shape index (κ2) is 4.80. The molecule has 0 N–H and O–H groups in total. The molecule has 1 heterocycles. The van der Waals surface area contributed by atoms with E-state index in [2.05, 4.69) is 4.98 Å². The largest absolute Gasteiger partial charge is 0.493 e. The second-order valence-corrected chi connectivity index (χ2v) is 3.51. The number of ether oxygens (including phenoxy) is 3. The Morgan fingerprint density at radius 2 is 1.83 bits per heavy atom. The molecular weight excluding hydrogens is 232 g/mol. The van der Waals surface area contributed by atoms with Gasteiger partial charge in [-0.3, -0.25) is 0 Å². The van der Waals surface area contributed by atoms with E-state index in [-0.39, 0.29) is 0 Å². The van der Waals surface area contributed by atoms with Crippen LogP contribution in [0.2, 0.25) is 0 Å². The van der Waals surface area contributed by atoms with Gasteiger partial charge in [0.15, 0.2) is 17.2 Å². The molecule has 2 rings (SSSR count). The van der Waals surface area contributed by atoms with E-state index in [9.17, 15) is 0 Å². The molecule has 0 aliphatic rings. The minimum atomic E-state index is 0.297. The van der Waals surface area contributed by atoms with E-state index in [0.717, 1.165) is 5.39 Å². The summed E-state index contributed by atoms with van der Waals surface area (Å²) in [5, 5.41) is 10.5. The summed E-state index contributed by atoms with van der Waals surface area (Å²) < 4.78 is 15.9. The van der Waals surface area contributed by atoms with Crippen molar-refractivity contribution in [3.63, 3.8) is 0 Å². The zero-order valence-corrected chi connectivity index (χ0v) is 10.4. The fraction of sp³-hybridized carbons (Fsp3) is 0.231. The van der Waals surface area contributed by atoms with Gasteiger partial charge in [0, 0.05) is 6.20 Å². The molecule has 0 aliphatic heterocycles. The molecule has 0 saturated carbocycles. The molecule has 0 radical (unpaired) electrons. The van der Waals surface area contributed by atoms with Crippen molar-refractivity contribution >= 4 is 10.8 Å². The number of rotatable bonds is 3. The Labute approximate surface area is 105 Å². The molecule has 5 nitrogen and oxygen atoms in total. The first kappa shape index (κ1) is 12.0. The van der Waals surface area contributed by atoms with Gasteiger partial charge in [0.25, 0.3) is 0 Å². The smallest absolute Gasteiger partial charge is 0.204 e. The van der Waals surface area contributed by atoms with Crippen molar-refractivity contribution < 1.29 is 14.2 Å². The van der Waals surface area contributed by atoms with Crippen LogP contribution in [0.4, 0.5) is 0 Å². The van der Waals surface area contributed by atoms with Gasteiger partial charge >= 0.3 is 0 Å². The number of pyridine rings is 1. The molecule has 5 heteroatoms. The Morgan fingerprint density at radius 3 is 2.39 bits per heavy atom. The molecule has 0 unspecified atom stereocenters. The number of aromatic nitrogens is 1. The van der Waals surface area contributed by atoms with Crippen LogP contribution in [0.15, 0.2) is 18.3 Å². The van der Waals surface area contributed by atoms with Crippen LogP contribution in [-0.4, -0.2) is 26.3 Å². The predicted molar refractivity (Wildman–Crippen MR) is 66.1 cm³/mol. The van der Waals surface area contributed by atoms with Gasteiger partial charge in [0.05, 0.1) is 26.7 Å². The van der Waals surface area contributed by atoms with Gasteiger partial charge < -0.3 is 14.2 Å². The van der Waals surface area contributed by atoms with Gasteiger partial charge in [0.1, 0.15) is 6.07 Å². The summed E-state index contributed by atoms with van der Waals surface area (Å²) in [6.07, 6.45) is 1.58. The average molecular weight is 244 g/mol. The molecule has 0 amide bonds. The lowest BCUT2D eigenvalue weighted by Crippen LogP contribution is -1.97. The molecule has 92 valence electrons. The number of hydrogen-bond donors (Lipinski definition) is 0. The van der Waals surface area contributed by atoms with Crippen molar-refractivity contribution in [3.05, 3.63) is 24.0 Å². The van der Waals surface area contributed by atoms with E-state index >= 15 is 0 Å². The summed E-state index contributed by atoms with van der Waals surface area (Å²) in [6, 6.07) is 5.63. The average Bonchev–Trinajstić information content (AvgIpc) is 2.43. The molecule has 0 fully saturated rings. The predicted octanol–water partition coefficient (Wildman–Crippen LogP) is 2.13. The zero-order chi connectivity index (χ0) is 13.1. The minimum absolute atomic E-state index is 0.297. The van der Waals surface area contributed by atoms with Crippen LogP contribution in [0.1, 0.15) is 5.69 Å². The van der Waals surface area contributed by atoms with Crippen LogP contribution in [0, 0.1) is 11.3 Å². The molecule has 18 heavy (non-hydrogen) atoms. The highest BCUT2D eigenvalue weighted by Crippen LogP contribution is 2.43. The summed E-state index contributed by atoms with van der Waals surface area (Å²) in [7, 11) is 4.59. The fourth-order valence-corrected chi connectivity index (χ4v) is 1.89. The van der Waals surface area contributed by atoms with Gasteiger partial charge in [0.2, 0.25) is 5.75 Å². The molecule has 2 aromatic rings. The van der Waals surface area contributed by atoms with Crippen molar-refractivity contribution in [2.24, 2.45) is 0 Å². The van der Waals surface area contributed by atoms with Crippen LogP contribution in [0.25, 0.3) is 10.8 Å². The number of nitriles is 1. The van der Waals surface area contributed by atoms with Crippen molar-refractivity contribution in [2.75, 3.05) is 21.3 Å². The summed E-state index contributed by atoms with van der Waals surface area (Å²) in [5.41, 5.74) is 0.297. The van der Waals surface area contributed by atoms with Crippen molar-refractivity contribution in [1.29, 1.82) is 5.26 Å². The molecule has 0 bridgehead atoms. The van der Waals surface area contributed by atoms with E-state index in [1.54, 1.807) is 25.4 Å².